The molecule has 0 saturated heterocycles. The number of hydrogen-bond donors (Lipinski definition) is 0. The average molecular weight is 748 g/mol. The molecule has 0 amide bonds. The van der Waals surface area contributed by atoms with Crippen LogP contribution < -0.4 is 0 Å². The minimum absolute atomic E-state index is 0.423. The van der Waals surface area contributed by atoms with Gasteiger partial charge in [0, 0.05) is 11.1 Å². The van der Waals surface area contributed by atoms with Crippen molar-refractivity contribution < 1.29 is 0 Å². The summed E-state index contributed by atoms with van der Waals surface area (Å²) in [5.74, 6) is 1.12. The van der Waals surface area contributed by atoms with Gasteiger partial charge in [-0.15, -0.1) is 0 Å². The summed E-state index contributed by atoms with van der Waals surface area (Å²) in [4.78, 5) is 14.9. The Morgan fingerprint density at radius 1 is 0.552 bits per heavy atom. The normalized spacial score (nSPS) is 12.7. The largest absolute Gasteiger partial charge is 0.261 e. The summed E-state index contributed by atoms with van der Waals surface area (Å²) >= 11 is 0. The topological polar surface area (TPSA) is 37.1 Å². The highest BCUT2D eigenvalue weighted by Crippen LogP contribution is 2.33. The summed E-state index contributed by atoms with van der Waals surface area (Å²) in [6.45, 7) is 15.3. The fourth-order valence-corrected chi connectivity index (χ4v) is 7.68. The van der Waals surface area contributed by atoms with E-state index in [1.54, 1.807) is 0 Å². The zero-order valence-electron chi connectivity index (χ0n) is 33.3. The lowest BCUT2D eigenvalue weighted by Crippen LogP contribution is -2.07. The van der Waals surface area contributed by atoms with Crippen LogP contribution in [0.1, 0.15) is 47.2 Å². The molecule has 8 aromatic rings. The molecule has 58 heavy (non-hydrogen) atoms. The van der Waals surface area contributed by atoms with Gasteiger partial charge in [0.1, 0.15) is 0 Å². The van der Waals surface area contributed by atoms with Crippen LogP contribution in [0.3, 0.4) is 0 Å². The molecule has 0 saturated carbocycles. The molecule has 0 bridgehead atoms. The minimum atomic E-state index is 0.423. The van der Waals surface area contributed by atoms with E-state index in [-0.39, 0.29) is 0 Å². The van der Waals surface area contributed by atoms with E-state index in [4.69, 9.17) is 9.98 Å². The Labute approximate surface area is 341 Å². The second-order valence-corrected chi connectivity index (χ2v) is 14.7. The first-order valence-corrected chi connectivity index (χ1v) is 19.7. The lowest BCUT2D eigenvalue weighted by atomic mass is 9.92. The third-order valence-electron chi connectivity index (χ3n) is 10.9. The van der Waals surface area contributed by atoms with Crippen LogP contribution in [-0.2, 0) is 6.54 Å². The summed E-state index contributed by atoms with van der Waals surface area (Å²) in [7, 11) is 0. The Hall–Kier alpha value is -7.23. The summed E-state index contributed by atoms with van der Waals surface area (Å²) < 4.78 is 0. The van der Waals surface area contributed by atoms with Crippen LogP contribution in [0.25, 0.3) is 54.6 Å². The van der Waals surface area contributed by atoms with E-state index in [1.165, 1.54) is 38.4 Å². The molecule has 0 aliphatic carbocycles. The standard InChI is InChI=1S/C55H45N3/c1-37(40(4)51-33-44-23-13-12-22-43(44)32-39(51)3)28-29-38(2)48-31-30-47(49-26-16-17-27-50(48)49)36-57-55(58-54(56-5)42-20-10-7-11-21-42)53-35-46-25-15-14-24-45(46)34-52(53)41-18-8-6-9-19-41/h6-35H,4-5,36H2,1-3H3/b37-28-,38-29+,57-55-,58-54-. The number of aliphatic imine (C=N–C) groups is 3. The molecule has 0 fully saturated rings. The minimum Gasteiger partial charge on any atom is -0.261 e. The van der Waals surface area contributed by atoms with Crippen molar-refractivity contribution in [3.05, 3.63) is 228 Å². The van der Waals surface area contributed by atoms with Gasteiger partial charge >= 0.3 is 0 Å². The van der Waals surface area contributed by atoms with Crippen LogP contribution in [-0.4, -0.2) is 18.4 Å². The van der Waals surface area contributed by atoms with Crippen molar-refractivity contribution in [2.24, 2.45) is 15.0 Å². The predicted octanol–water partition coefficient (Wildman–Crippen LogP) is 14.3. The summed E-state index contributed by atoms with van der Waals surface area (Å²) in [5, 5.41) is 7.07. The molecular formula is C55H45N3. The van der Waals surface area contributed by atoms with Crippen LogP contribution in [0.4, 0.5) is 0 Å². The van der Waals surface area contributed by atoms with Gasteiger partial charge in [-0.2, -0.15) is 0 Å². The van der Waals surface area contributed by atoms with E-state index < -0.39 is 0 Å². The quantitative estimate of drug-likeness (QED) is 0.0801. The van der Waals surface area contributed by atoms with E-state index in [1.807, 2.05) is 36.4 Å². The highest BCUT2D eigenvalue weighted by Gasteiger charge is 2.16. The Morgan fingerprint density at radius 3 is 1.79 bits per heavy atom. The molecule has 0 heterocycles. The Morgan fingerprint density at radius 2 is 1.12 bits per heavy atom. The summed E-state index contributed by atoms with van der Waals surface area (Å²) in [6.07, 6.45) is 4.40. The SMILES string of the molecule is C=N/C(=N\C(=N/Cc1ccc(/C(C)=C/C=C(/C)C(=C)c2cc3ccccc3cc2C)c2ccccc12)c1cc2ccccc2cc1-c1ccccc1)c1ccccc1. The van der Waals surface area contributed by atoms with Gasteiger partial charge in [-0.3, -0.25) is 4.99 Å². The van der Waals surface area contributed by atoms with E-state index >= 15 is 0 Å². The van der Waals surface area contributed by atoms with Gasteiger partial charge in [0.2, 0.25) is 0 Å². The van der Waals surface area contributed by atoms with E-state index in [9.17, 15) is 0 Å². The molecule has 0 aliphatic rings. The van der Waals surface area contributed by atoms with Crippen molar-refractivity contribution >= 4 is 61.9 Å². The van der Waals surface area contributed by atoms with Gasteiger partial charge in [-0.25, -0.2) is 9.98 Å². The zero-order chi connectivity index (χ0) is 40.0. The number of hydrogen-bond acceptors (Lipinski definition) is 1. The van der Waals surface area contributed by atoms with E-state index in [2.05, 4.69) is 185 Å². The molecule has 280 valence electrons. The molecule has 8 rings (SSSR count). The van der Waals surface area contributed by atoms with Crippen LogP contribution >= 0.6 is 0 Å². The molecule has 3 nitrogen and oxygen atoms in total. The molecular weight excluding hydrogens is 703 g/mol. The fourth-order valence-electron chi connectivity index (χ4n) is 7.68. The maximum Gasteiger partial charge on any atom is 0.161 e. The van der Waals surface area contributed by atoms with Crippen molar-refractivity contribution in [2.45, 2.75) is 27.3 Å². The summed E-state index contributed by atoms with van der Waals surface area (Å²) in [6, 6.07) is 59.3. The number of nitrogens with zero attached hydrogens (tertiary/aromatic N) is 3. The highest BCUT2D eigenvalue weighted by atomic mass is 15.0. The fraction of sp³-hybridized carbons (Fsp3) is 0.0727. The van der Waals surface area contributed by atoms with Crippen molar-refractivity contribution in [3.8, 4) is 11.1 Å². The van der Waals surface area contributed by atoms with Gasteiger partial charge in [-0.05, 0) is 128 Å². The van der Waals surface area contributed by atoms with E-state index in [0.29, 0.717) is 18.2 Å². The Kier molecular flexibility index (Phi) is 11.0. The molecule has 0 spiro atoms. The van der Waals surface area contributed by atoms with Crippen LogP contribution in [0.2, 0.25) is 0 Å². The van der Waals surface area contributed by atoms with Crippen LogP contribution in [0.5, 0.6) is 0 Å². The molecule has 0 N–H and O–H groups in total. The van der Waals surface area contributed by atoms with Crippen molar-refractivity contribution in [3.63, 3.8) is 0 Å². The molecule has 8 aromatic carbocycles. The Balaban J connectivity index is 1.19. The maximum atomic E-state index is 5.34. The first-order valence-electron chi connectivity index (χ1n) is 19.7. The van der Waals surface area contributed by atoms with Gasteiger partial charge in [0.15, 0.2) is 11.7 Å². The number of aryl methyl sites for hydroxylation is 1. The smallest absolute Gasteiger partial charge is 0.161 e. The molecule has 3 heteroatoms. The van der Waals surface area contributed by atoms with Crippen LogP contribution in [0.15, 0.2) is 209 Å². The van der Waals surface area contributed by atoms with E-state index in [0.717, 1.165) is 55.1 Å². The monoisotopic (exact) mass is 747 g/mol. The number of fused-ring (bicyclic) bond motifs is 3. The van der Waals surface area contributed by atoms with Gasteiger partial charge in [-0.1, -0.05) is 170 Å². The van der Waals surface area contributed by atoms with Crippen LogP contribution in [0, 0.1) is 6.92 Å². The van der Waals surface area contributed by atoms with Crippen molar-refractivity contribution in [1.82, 2.24) is 0 Å². The first-order chi connectivity index (χ1) is 28.4. The molecule has 0 radical (unpaired) electrons. The Bertz CT molecular complexity index is 2960. The number of rotatable bonds is 9. The first kappa shape index (κ1) is 37.7. The lowest BCUT2D eigenvalue weighted by molar-refractivity contribution is 1.07. The van der Waals surface area contributed by atoms with Crippen molar-refractivity contribution in [1.29, 1.82) is 0 Å². The molecule has 0 aliphatic heterocycles. The second kappa shape index (κ2) is 16.9. The van der Waals surface area contributed by atoms with Gasteiger partial charge < -0.3 is 0 Å². The summed E-state index contributed by atoms with van der Waals surface area (Å²) in [5.41, 5.74) is 12.0. The second-order valence-electron chi connectivity index (χ2n) is 14.7. The number of benzene rings is 8. The average Bonchev–Trinajstić information content (AvgIpc) is 3.27. The van der Waals surface area contributed by atoms with Gasteiger partial charge in [0.25, 0.3) is 0 Å². The zero-order valence-corrected chi connectivity index (χ0v) is 33.3. The lowest BCUT2D eigenvalue weighted by Gasteiger charge is -2.14. The number of amidine groups is 2. The third kappa shape index (κ3) is 7.89. The highest BCUT2D eigenvalue weighted by molar-refractivity contribution is 6.16. The predicted molar refractivity (Wildman–Crippen MR) is 251 cm³/mol. The van der Waals surface area contributed by atoms with Crippen molar-refractivity contribution in [2.75, 3.05) is 0 Å². The number of allylic oxidation sites excluding steroid dienone is 5. The third-order valence-corrected chi connectivity index (χ3v) is 10.9. The molecule has 0 unspecified atom stereocenters. The molecule has 0 aromatic heterocycles. The van der Waals surface area contributed by atoms with Gasteiger partial charge in [0.05, 0.1) is 6.54 Å². The molecule has 0 atom stereocenters. The maximum absolute atomic E-state index is 5.34.